The molecule has 0 saturated carbocycles. The fraction of sp³-hybridized carbons (Fsp3) is 0.350. The minimum Gasteiger partial charge on any atom is -0.494 e. The monoisotopic (exact) mass is 327 g/mol. The van der Waals surface area contributed by atoms with Crippen LogP contribution in [0.1, 0.15) is 31.9 Å². The fourth-order valence-corrected chi connectivity index (χ4v) is 2.55. The molecule has 0 unspecified atom stereocenters. The summed E-state index contributed by atoms with van der Waals surface area (Å²) < 4.78 is 11.0. The van der Waals surface area contributed by atoms with Crippen molar-refractivity contribution in [1.82, 2.24) is 0 Å². The van der Waals surface area contributed by atoms with Crippen LogP contribution in [0.15, 0.2) is 42.5 Å². The van der Waals surface area contributed by atoms with E-state index in [-0.39, 0.29) is 12.5 Å². The lowest BCUT2D eigenvalue weighted by Crippen LogP contribution is -2.21. The number of amides is 1. The average molecular weight is 327 g/mol. The van der Waals surface area contributed by atoms with Crippen molar-refractivity contribution in [1.29, 1.82) is 0 Å². The number of rotatable bonds is 8. The van der Waals surface area contributed by atoms with Gasteiger partial charge in [0.1, 0.15) is 11.5 Å². The molecule has 24 heavy (non-hydrogen) atoms. The van der Waals surface area contributed by atoms with Crippen molar-refractivity contribution in [2.24, 2.45) is 0 Å². The van der Waals surface area contributed by atoms with Crippen molar-refractivity contribution in [3.63, 3.8) is 0 Å². The quantitative estimate of drug-likeness (QED) is 0.789. The molecule has 0 spiro atoms. The number of aryl methyl sites for hydroxylation is 2. The van der Waals surface area contributed by atoms with Crippen molar-refractivity contribution in [2.75, 3.05) is 18.5 Å². The van der Waals surface area contributed by atoms with E-state index in [0.29, 0.717) is 12.4 Å². The Morgan fingerprint density at radius 2 is 1.50 bits per heavy atom. The maximum Gasteiger partial charge on any atom is 0.262 e. The number of benzene rings is 2. The van der Waals surface area contributed by atoms with Gasteiger partial charge in [-0.15, -0.1) is 0 Å². The van der Waals surface area contributed by atoms with Crippen LogP contribution in [-0.2, 0) is 17.6 Å². The second kappa shape index (κ2) is 8.96. The number of nitrogens with one attached hydrogen (secondary N) is 1. The van der Waals surface area contributed by atoms with Gasteiger partial charge in [0, 0.05) is 11.8 Å². The summed E-state index contributed by atoms with van der Waals surface area (Å²) in [6, 6.07) is 13.4. The van der Waals surface area contributed by atoms with Gasteiger partial charge in [0.15, 0.2) is 6.61 Å². The highest BCUT2D eigenvalue weighted by molar-refractivity contribution is 5.93. The average Bonchev–Trinajstić information content (AvgIpc) is 2.61. The molecular formula is C20H25NO3. The molecule has 0 saturated heterocycles. The zero-order valence-electron chi connectivity index (χ0n) is 14.6. The first-order valence-electron chi connectivity index (χ1n) is 8.44. The van der Waals surface area contributed by atoms with Gasteiger partial charge in [0.25, 0.3) is 5.91 Å². The van der Waals surface area contributed by atoms with Crippen molar-refractivity contribution in [3.05, 3.63) is 53.6 Å². The van der Waals surface area contributed by atoms with Crippen molar-refractivity contribution >= 4 is 11.6 Å². The first-order valence-corrected chi connectivity index (χ1v) is 8.44. The van der Waals surface area contributed by atoms with E-state index in [1.54, 1.807) is 6.07 Å². The van der Waals surface area contributed by atoms with Crippen LogP contribution in [0.25, 0.3) is 0 Å². The van der Waals surface area contributed by atoms with Crippen molar-refractivity contribution in [3.8, 4) is 11.5 Å². The highest BCUT2D eigenvalue weighted by Crippen LogP contribution is 2.23. The van der Waals surface area contributed by atoms with E-state index < -0.39 is 0 Å². The fourth-order valence-electron chi connectivity index (χ4n) is 2.55. The Labute approximate surface area is 143 Å². The molecule has 128 valence electrons. The number of ether oxygens (including phenoxy) is 2. The molecular weight excluding hydrogens is 302 g/mol. The SMILES string of the molecule is CCOc1cccc(OCC(=O)Nc2c(CC)cccc2CC)c1. The van der Waals surface area contributed by atoms with E-state index >= 15 is 0 Å². The van der Waals surface area contributed by atoms with Crippen LogP contribution in [0.4, 0.5) is 5.69 Å². The summed E-state index contributed by atoms with van der Waals surface area (Å²) in [4.78, 5) is 12.3. The van der Waals surface area contributed by atoms with Crippen LogP contribution in [0, 0.1) is 0 Å². The second-order valence-corrected chi connectivity index (χ2v) is 5.40. The molecule has 0 atom stereocenters. The third kappa shape index (κ3) is 4.75. The van der Waals surface area contributed by atoms with E-state index in [1.165, 1.54) is 0 Å². The summed E-state index contributed by atoms with van der Waals surface area (Å²) in [6.07, 6.45) is 1.75. The summed E-state index contributed by atoms with van der Waals surface area (Å²) in [5, 5.41) is 3.00. The Morgan fingerprint density at radius 1 is 0.917 bits per heavy atom. The van der Waals surface area contributed by atoms with Gasteiger partial charge in [0.2, 0.25) is 0 Å². The molecule has 0 radical (unpaired) electrons. The number of carbonyl (C=O) groups is 1. The second-order valence-electron chi connectivity index (χ2n) is 5.40. The van der Waals surface area contributed by atoms with Crippen LogP contribution in [-0.4, -0.2) is 19.1 Å². The Morgan fingerprint density at radius 3 is 2.08 bits per heavy atom. The van der Waals surface area contributed by atoms with Gasteiger partial charge in [-0.2, -0.15) is 0 Å². The van der Waals surface area contributed by atoms with Crippen molar-refractivity contribution in [2.45, 2.75) is 33.6 Å². The van der Waals surface area contributed by atoms with Gasteiger partial charge in [-0.05, 0) is 43.0 Å². The van der Waals surface area contributed by atoms with Crippen LogP contribution >= 0.6 is 0 Å². The summed E-state index contributed by atoms with van der Waals surface area (Å²) in [5.41, 5.74) is 3.20. The standard InChI is InChI=1S/C20H25NO3/c1-4-15-9-7-10-16(5-2)20(15)21-19(22)14-24-18-12-8-11-17(13-18)23-6-3/h7-13H,4-6,14H2,1-3H3,(H,21,22). The highest BCUT2D eigenvalue weighted by atomic mass is 16.5. The molecule has 0 bridgehead atoms. The van der Waals surface area contributed by atoms with Crippen molar-refractivity contribution < 1.29 is 14.3 Å². The lowest BCUT2D eigenvalue weighted by molar-refractivity contribution is -0.118. The predicted molar refractivity (Wildman–Crippen MR) is 96.9 cm³/mol. The van der Waals surface area contributed by atoms with Gasteiger partial charge in [0.05, 0.1) is 6.61 Å². The van der Waals surface area contributed by atoms with Gasteiger partial charge >= 0.3 is 0 Å². The van der Waals surface area contributed by atoms with Crippen LogP contribution in [0.5, 0.6) is 11.5 Å². The molecule has 1 amide bonds. The van der Waals surface area contributed by atoms with E-state index in [9.17, 15) is 4.79 Å². The number of hydrogen-bond acceptors (Lipinski definition) is 3. The minimum absolute atomic E-state index is 0.0310. The van der Waals surface area contributed by atoms with E-state index in [0.717, 1.165) is 35.4 Å². The number of carbonyl (C=O) groups excluding carboxylic acids is 1. The number of para-hydroxylation sites is 1. The summed E-state index contributed by atoms with van der Waals surface area (Å²) in [5.74, 6) is 1.20. The zero-order chi connectivity index (χ0) is 17.4. The van der Waals surface area contributed by atoms with Gasteiger partial charge in [-0.25, -0.2) is 0 Å². The molecule has 0 aliphatic carbocycles. The summed E-state index contributed by atoms with van der Waals surface area (Å²) in [7, 11) is 0. The Bertz CT molecular complexity index is 660. The Kier molecular flexibility index (Phi) is 6.67. The molecule has 0 aliphatic heterocycles. The van der Waals surface area contributed by atoms with Crippen LogP contribution in [0.2, 0.25) is 0 Å². The van der Waals surface area contributed by atoms with E-state index in [4.69, 9.17) is 9.47 Å². The first kappa shape index (κ1) is 17.9. The smallest absolute Gasteiger partial charge is 0.262 e. The molecule has 0 heterocycles. The van der Waals surface area contributed by atoms with Gasteiger partial charge in [-0.1, -0.05) is 38.1 Å². The molecule has 2 rings (SSSR count). The number of anilines is 1. The topological polar surface area (TPSA) is 47.6 Å². The molecule has 0 fully saturated rings. The maximum atomic E-state index is 12.3. The lowest BCUT2D eigenvalue weighted by Gasteiger charge is -2.15. The third-order valence-corrected chi connectivity index (χ3v) is 3.75. The normalized spacial score (nSPS) is 10.3. The predicted octanol–water partition coefficient (Wildman–Crippen LogP) is 4.23. The van der Waals surface area contributed by atoms with Crippen LogP contribution < -0.4 is 14.8 Å². The lowest BCUT2D eigenvalue weighted by atomic mass is 10.0. The summed E-state index contributed by atoms with van der Waals surface area (Å²) >= 11 is 0. The molecule has 0 aromatic heterocycles. The van der Waals surface area contributed by atoms with Gasteiger partial charge in [-0.3, -0.25) is 4.79 Å². The van der Waals surface area contributed by atoms with E-state index in [1.807, 2.05) is 43.3 Å². The first-order chi connectivity index (χ1) is 11.7. The maximum absolute atomic E-state index is 12.3. The Balaban J connectivity index is 2.00. The molecule has 4 nitrogen and oxygen atoms in total. The number of hydrogen-bond donors (Lipinski definition) is 1. The van der Waals surface area contributed by atoms with E-state index in [2.05, 4.69) is 19.2 Å². The largest absolute Gasteiger partial charge is 0.494 e. The zero-order valence-corrected chi connectivity index (χ0v) is 14.6. The molecule has 4 heteroatoms. The minimum atomic E-state index is -0.160. The molecule has 1 N–H and O–H groups in total. The molecule has 2 aromatic carbocycles. The Hall–Kier alpha value is -2.49. The molecule has 0 aliphatic rings. The van der Waals surface area contributed by atoms with Crippen LogP contribution in [0.3, 0.4) is 0 Å². The highest BCUT2D eigenvalue weighted by Gasteiger charge is 2.10. The third-order valence-electron chi connectivity index (χ3n) is 3.75. The van der Waals surface area contributed by atoms with Gasteiger partial charge < -0.3 is 14.8 Å². The summed E-state index contributed by atoms with van der Waals surface area (Å²) in [6.45, 7) is 6.66. The molecule has 2 aromatic rings.